The minimum absolute atomic E-state index is 0.00373. The number of carbonyl (C=O) groups is 1. The van der Waals surface area contributed by atoms with Gasteiger partial charge in [0.05, 0.1) is 5.52 Å². The molecule has 0 unspecified atom stereocenters. The normalized spacial score (nSPS) is 10.6. The lowest BCUT2D eigenvalue weighted by Crippen LogP contribution is -2.24. The first-order chi connectivity index (χ1) is 7.66. The predicted molar refractivity (Wildman–Crippen MR) is 65.0 cm³/mol. The number of nitrogens with zero attached hydrogens (tertiary/aromatic N) is 1. The van der Waals surface area contributed by atoms with Crippen LogP contribution >= 0.6 is 0 Å². The smallest absolute Gasteiger partial charge is 0.216 e. The first-order valence-corrected chi connectivity index (χ1v) is 5.25. The number of anilines is 1. The van der Waals surface area contributed by atoms with E-state index in [-0.39, 0.29) is 5.91 Å². The SMILES string of the molecule is CC(=O)NCCn1ccc2ccc(N)cc21. The highest BCUT2D eigenvalue weighted by molar-refractivity contribution is 5.83. The van der Waals surface area contributed by atoms with E-state index < -0.39 is 0 Å². The first-order valence-electron chi connectivity index (χ1n) is 5.25. The van der Waals surface area contributed by atoms with E-state index in [0.29, 0.717) is 6.54 Å². The van der Waals surface area contributed by atoms with Gasteiger partial charge in [0.1, 0.15) is 0 Å². The van der Waals surface area contributed by atoms with Gasteiger partial charge >= 0.3 is 0 Å². The molecule has 1 aromatic carbocycles. The maximum atomic E-state index is 10.7. The van der Waals surface area contributed by atoms with Crippen molar-refractivity contribution in [3.05, 3.63) is 30.5 Å². The Hall–Kier alpha value is -1.97. The second-order valence-corrected chi connectivity index (χ2v) is 3.81. The monoisotopic (exact) mass is 217 g/mol. The molecule has 0 spiro atoms. The molecule has 4 heteroatoms. The van der Waals surface area contributed by atoms with Crippen LogP contribution in [0.3, 0.4) is 0 Å². The Morgan fingerprint density at radius 1 is 1.44 bits per heavy atom. The number of nitrogens with two attached hydrogens (primary N) is 1. The summed E-state index contributed by atoms with van der Waals surface area (Å²) in [7, 11) is 0. The number of amides is 1. The molecule has 84 valence electrons. The van der Waals surface area contributed by atoms with Crippen LogP contribution in [0.15, 0.2) is 30.5 Å². The maximum absolute atomic E-state index is 10.7. The summed E-state index contributed by atoms with van der Waals surface area (Å²) in [6, 6.07) is 7.88. The largest absolute Gasteiger partial charge is 0.399 e. The Balaban J connectivity index is 2.17. The number of fused-ring (bicyclic) bond motifs is 1. The summed E-state index contributed by atoms with van der Waals surface area (Å²) in [5.41, 5.74) is 7.60. The van der Waals surface area contributed by atoms with Gasteiger partial charge < -0.3 is 15.6 Å². The number of nitrogen functional groups attached to an aromatic ring is 1. The molecule has 0 saturated carbocycles. The molecule has 3 N–H and O–H groups in total. The molecule has 0 aliphatic rings. The quantitative estimate of drug-likeness (QED) is 0.763. The zero-order chi connectivity index (χ0) is 11.5. The molecule has 2 rings (SSSR count). The van der Waals surface area contributed by atoms with Gasteiger partial charge in [-0.05, 0) is 23.6 Å². The van der Waals surface area contributed by atoms with Crippen molar-refractivity contribution in [2.45, 2.75) is 13.5 Å². The molecule has 16 heavy (non-hydrogen) atoms. The van der Waals surface area contributed by atoms with Crippen molar-refractivity contribution in [2.24, 2.45) is 0 Å². The molecular formula is C12H15N3O. The summed E-state index contributed by atoms with van der Waals surface area (Å²) in [5.74, 6) is -0.00373. The number of rotatable bonds is 3. The van der Waals surface area contributed by atoms with Gasteiger partial charge in [-0.1, -0.05) is 6.07 Å². The number of hydrogen-bond acceptors (Lipinski definition) is 2. The van der Waals surface area contributed by atoms with Crippen LogP contribution < -0.4 is 11.1 Å². The lowest BCUT2D eigenvalue weighted by atomic mass is 10.2. The van der Waals surface area contributed by atoms with Gasteiger partial charge in [0, 0.05) is 31.9 Å². The van der Waals surface area contributed by atoms with Gasteiger partial charge in [-0.25, -0.2) is 0 Å². The van der Waals surface area contributed by atoms with E-state index in [9.17, 15) is 4.79 Å². The predicted octanol–water partition coefficient (Wildman–Crippen LogP) is 1.36. The molecule has 0 fully saturated rings. The lowest BCUT2D eigenvalue weighted by Gasteiger charge is -2.06. The number of carbonyl (C=O) groups excluding carboxylic acids is 1. The summed E-state index contributed by atoms with van der Waals surface area (Å²) in [6.45, 7) is 2.91. The summed E-state index contributed by atoms with van der Waals surface area (Å²) in [6.07, 6.45) is 2.01. The fraction of sp³-hybridized carbons (Fsp3) is 0.250. The highest BCUT2D eigenvalue weighted by Crippen LogP contribution is 2.18. The zero-order valence-corrected chi connectivity index (χ0v) is 9.23. The average molecular weight is 217 g/mol. The summed E-state index contributed by atoms with van der Waals surface area (Å²) in [5, 5.41) is 3.94. The van der Waals surface area contributed by atoms with Crippen molar-refractivity contribution < 1.29 is 4.79 Å². The molecule has 0 bridgehead atoms. The second kappa shape index (κ2) is 4.26. The number of hydrogen-bond donors (Lipinski definition) is 2. The molecule has 1 amide bonds. The van der Waals surface area contributed by atoms with Crippen LogP contribution in [-0.2, 0) is 11.3 Å². The highest BCUT2D eigenvalue weighted by Gasteiger charge is 2.01. The van der Waals surface area contributed by atoms with E-state index in [1.54, 1.807) is 0 Å². The van der Waals surface area contributed by atoms with Crippen LogP contribution in [-0.4, -0.2) is 17.0 Å². The van der Waals surface area contributed by atoms with Crippen LogP contribution in [0.5, 0.6) is 0 Å². The van der Waals surface area contributed by atoms with E-state index in [2.05, 4.69) is 9.88 Å². The molecule has 0 aliphatic heterocycles. The van der Waals surface area contributed by atoms with Crippen molar-refractivity contribution in [3.63, 3.8) is 0 Å². The van der Waals surface area contributed by atoms with Crippen molar-refractivity contribution in [1.29, 1.82) is 0 Å². The first kappa shape index (κ1) is 10.5. The molecule has 2 aromatic rings. The van der Waals surface area contributed by atoms with Gasteiger partial charge in [0.2, 0.25) is 5.91 Å². The molecule has 4 nitrogen and oxygen atoms in total. The van der Waals surface area contributed by atoms with Gasteiger partial charge in [-0.3, -0.25) is 4.79 Å². The number of aromatic nitrogens is 1. The molecule has 1 heterocycles. The second-order valence-electron chi connectivity index (χ2n) is 3.81. The number of nitrogens with one attached hydrogen (secondary N) is 1. The topological polar surface area (TPSA) is 60.0 Å². The third-order valence-electron chi connectivity index (χ3n) is 2.52. The van der Waals surface area contributed by atoms with E-state index in [1.807, 2.05) is 30.5 Å². The van der Waals surface area contributed by atoms with E-state index in [0.717, 1.165) is 23.1 Å². The Kier molecular flexibility index (Phi) is 2.81. The van der Waals surface area contributed by atoms with E-state index in [4.69, 9.17) is 5.73 Å². The van der Waals surface area contributed by atoms with Crippen LogP contribution in [0.4, 0.5) is 5.69 Å². The molecule has 0 saturated heterocycles. The van der Waals surface area contributed by atoms with Gasteiger partial charge in [-0.15, -0.1) is 0 Å². The third kappa shape index (κ3) is 2.16. The van der Waals surface area contributed by atoms with Crippen LogP contribution in [0, 0.1) is 0 Å². The maximum Gasteiger partial charge on any atom is 0.216 e. The molecule has 0 aliphatic carbocycles. The van der Waals surface area contributed by atoms with Crippen LogP contribution in [0.2, 0.25) is 0 Å². The van der Waals surface area contributed by atoms with Gasteiger partial charge in [0.25, 0.3) is 0 Å². The standard InChI is InChI=1S/C12H15N3O/c1-9(16)14-5-7-15-6-4-10-2-3-11(13)8-12(10)15/h2-4,6,8H,5,7,13H2,1H3,(H,14,16). The summed E-state index contributed by atoms with van der Waals surface area (Å²) >= 11 is 0. The van der Waals surface area contributed by atoms with Gasteiger partial charge in [0.15, 0.2) is 0 Å². The fourth-order valence-electron chi connectivity index (χ4n) is 1.75. The minimum atomic E-state index is -0.00373. The minimum Gasteiger partial charge on any atom is -0.399 e. The van der Waals surface area contributed by atoms with E-state index >= 15 is 0 Å². The Morgan fingerprint density at radius 2 is 2.25 bits per heavy atom. The van der Waals surface area contributed by atoms with Crippen molar-refractivity contribution in [1.82, 2.24) is 9.88 Å². The number of benzene rings is 1. The highest BCUT2D eigenvalue weighted by atomic mass is 16.1. The third-order valence-corrected chi connectivity index (χ3v) is 2.52. The Morgan fingerprint density at radius 3 is 3.00 bits per heavy atom. The average Bonchev–Trinajstić information content (AvgIpc) is 2.60. The zero-order valence-electron chi connectivity index (χ0n) is 9.23. The van der Waals surface area contributed by atoms with Crippen molar-refractivity contribution in [2.75, 3.05) is 12.3 Å². The lowest BCUT2D eigenvalue weighted by molar-refractivity contribution is -0.118. The fourth-order valence-corrected chi connectivity index (χ4v) is 1.75. The van der Waals surface area contributed by atoms with Crippen molar-refractivity contribution in [3.8, 4) is 0 Å². The molecular weight excluding hydrogens is 202 g/mol. The van der Waals surface area contributed by atoms with Crippen LogP contribution in [0.1, 0.15) is 6.92 Å². The van der Waals surface area contributed by atoms with Crippen LogP contribution in [0.25, 0.3) is 10.9 Å². The Labute approximate surface area is 94.0 Å². The Bertz CT molecular complexity index is 516. The van der Waals surface area contributed by atoms with E-state index in [1.165, 1.54) is 6.92 Å². The molecule has 0 atom stereocenters. The summed E-state index contributed by atoms with van der Waals surface area (Å²) < 4.78 is 2.08. The summed E-state index contributed by atoms with van der Waals surface area (Å²) in [4.78, 5) is 10.7. The molecule has 0 radical (unpaired) electrons. The van der Waals surface area contributed by atoms with Crippen molar-refractivity contribution >= 4 is 22.5 Å². The van der Waals surface area contributed by atoms with Gasteiger partial charge in [-0.2, -0.15) is 0 Å². The molecule has 1 aromatic heterocycles.